The van der Waals surface area contributed by atoms with Gasteiger partial charge in [0.15, 0.2) is 0 Å². The molecule has 0 radical (unpaired) electrons. The van der Waals surface area contributed by atoms with Gasteiger partial charge in [0.2, 0.25) is 0 Å². The summed E-state index contributed by atoms with van der Waals surface area (Å²) in [5.41, 5.74) is 4.49. The fourth-order valence-corrected chi connectivity index (χ4v) is 2.56. The van der Waals surface area contributed by atoms with Gasteiger partial charge in [0, 0.05) is 17.3 Å². The molecule has 0 aliphatic rings. The Kier molecular flexibility index (Phi) is 4.79. The zero-order valence-electron chi connectivity index (χ0n) is 14.8. The van der Waals surface area contributed by atoms with Gasteiger partial charge in [-0.3, -0.25) is 4.99 Å². The Morgan fingerprint density at radius 1 is 1.09 bits per heavy atom. The minimum Gasteiger partial charge on any atom is -0.507 e. The van der Waals surface area contributed by atoms with Gasteiger partial charge in [0.1, 0.15) is 11.5 Å². The van der Waals surface area contributed by atoms with Crippen LogP contribution in [0, 0.1) is 13.8 Å². The lowest BCUT2D eigenvalue weighted by atomic mass is 9.85. The lowest BCUT2D eigenvalue weighted by Crippen LogP contribution is -2.12. The molecule has 0 fully saturated rings. The van der Waals surface area contributed by atoms with Crippen LogP contribution >= 0.6 is 0 Å². The molecular formula is C20H25NO2. The van der Waals surface area contributed by atoms with Gasteiger partial charge in [0.05, 0.1) is 12.8 Å². The third kappa shape index (κ3) is 3.73. The Morgan fingerprint density at radius 3 is 2.22 bits per heavy atom. The van der Waals surface area contributed by atoms with E-state index in [9.17, 15) is 5.11 Å². The fourth-order valence-electron chi connectivity index (χ4n) is 2.56. The van der Waals surface area contributed by atoms with E-state index in [1.807, 2.05) is 44.2 Å². The largest absolute Gasteiger partial charge is 0.507 e. The van der Waals surface area contributed by atoms with Crippen molar-refractivity contribution in [3.8, 4) is 11.5 Å². The second-order valence-corrected chi connectivity index (χ2v) is 6.86. The summed E-state index contributed by atoms with van der Waals surface area (Å²) in [4.78, 5) is 4.59. The van der Waals surface area contributed by atoms with Crippen LogP contribution in [0.25, 0.3) is 0 Å². The van der Waals surface area contributed by atoms with Crippen LogP contribution in [-0.2, 0) is 5.41 Å². The molecule has 0 aliphatic heterocycles. The lowest BCUT2D eigenvalue weighted by molar-refractivity contribution is 0.405. The highest BCUT2D eigenvalue weighted by molar-refractivity contribution is 5.87. The molecule has 0 amide bonds. The van der Waals surface area contributed by atoms with E-state index in [-0.39, 0.29) is 11.2 Å². The number of phenolic OH excluding ortho intramolecular Hbond substituents is 1. The number of methoxy groups -OCH3 is 1. The van der Waals surface area contributed by atoms with E-state index in [4.69, 9.17) is 4.74 Å². The Bertz CT molecular complexity index is 720. The number of benzene rings is 2. The van der Waals surface area contributed by atoms with E-state index in [2.05, 4.69) is 25.8 Å². The van der Waals surface area contributed by atoms with Crippen LogP contribution in [0.15, 0.2) is 35.3 Å². The minimum atomic E-state index is -0.181. The maximum absolute atomic E-state index is 10.6. The first-order valence-electron chi connectivity index (χ1n) is 7.76. The van der Waals surface area contributed by atoms with Gasteiger partial charge in [-0.25, -0.2) is 0 Å². The number of ether oxygens (including phenoxy) is 1. The number of hydrogen-bond donors (Lipinski definition) is 1. The third-order valence-corrected chi connectivity index (χ3v) is 3.93. The van der Waals surface area contributed by atoms with Crippen LogP contribution in [0.4, 0.5) is 5.69 Å². The van der Waals surface area contributed by atoms with E-state index in [0.717, 1.165) is 28.1 Å². The van der Waals surface area contributed by atoms with Gasteiger partial charge in [-0.05, 0) is 42.5 Å². The number of aryl methyl sites for hydroxylation is 2. The average Bonchev–Trinajstić information content (AvgIpc) is 2.47. The van der Waals surface area contributed by atoms with Crippen molar-refractivity contribution in [2.45, 2.75) is 40.0 Å². The Morgan fingerprint density at radius 2 is 1.70 bits per heavy atom. The van der Waals surface area contributed by atoms with Crippen molar-refractivity contribution >= 4 is 11.9 Å². The second kappa shape index (κ2) is 6.45. The first kappa shape index (κ1) is 17.1. The molecule has 0 atom stereocenters. The summed E-state index contributed by atoms with van der Waals surface area (Å²) in [6.07, 6.45) is 1.71. The van der Waals surface area contributed by atoms with Crippen molar-refractivity contribution in [3.63, 3.8) is 0 Å². The smallest absolute Gasteiger partial charge is 0.128 e. The monoisotopic (exact) mass is 311 g/mol. The van der Waals surface area contributed by atoms with Crippen LogP contribution in [0.5, 0.6) is 11.5 Å². The molecule has 122 valence electrons. The Labute approximate surface area is 138 Å². The van der Waals surface area contributed by atoms with Gasteiger partial charge < -0.3 is 9.84 Å². The van der Waals surface area contributed by atoms with Gasteiger partial charge in [-0.1, -0.05) is 39.0 Å². The highest BCUT2D eigenvalue weighted by Gasteiger charge is 2.21. The Balaban J connectivity index is 2.53. The quantitative estimate of drug-likeness (QED) is 0.804. The maximum atomic E-state index is 10.6. The number of aromatic hydroxyl groups is 1. The summed E-state index contributed by atoms with van der Waals surface area (Å²) in [5, 5.41) is 10.6. The highest BCUT2D eigenvalue weighted by Crippen LogP contribution is 2.36. The molecule has 0 heterocycles. The van der Waals surface area contributed by atoms with Crippen molar-refractivity contribution in [2.24, 2.45) is 4.99 Å². The highest BCUT2D eigenvalue weighted by atomic mass is 16.5. The normalized spacial score (nSPS) is 11.9. The van der Waals surface area contributed by atoms with E-state index >= 15 is 0 Å². The molecule has 0 bridgehead atoms. The van der Waals surface area contributed by atoms with E-state index in [1.54, 1.807) is 13.3 Å². The molecule has 0 aliphatic carbocycles. The summed E-state index contributed by atoms with van der Waals surface area (Å²) >= 11 is 0. The topological polar surface area (TPSA) is 41.8 Å². The predicted molar refractivity (Wildman–Crippen MR) is 96.5 cm³/mol. The van der Waals surface area contributed by atoms with Gasteiger partial charge in [-0.15, -0.1) is 0 Å². The van der Waals surface area contributed by atoms with Gasteiger partial charge in [-0.2, -0.15) is 0 Å². The molecule has 1 N–H and O–H groups in total. The molecule has 2 aromatic rings. The summed E-state index contributed by atoms with van der Waals surface area (Å²) < 4.78 is 5.37. The fraction of sp³-hybridized carbons (Fsp3) is 0.350. The first-order chi connectivity index (χ1) is 10.7. The summed E-state index contributed by atoms with van der Waals surface area (Å²) in [7, 11) is 1.63. The minimum absolute atomic E-state index is 0.181. The molecule has 0 saturated carbocycles. The molecule has 0 aromatic heterocycles. The van der Waals surface area contributed by atoms with Crippen molar-refractivity contribution in [1.82, 2.24) is 0 Å². The lowest BCUT2D eigenvalue weighted by Gasteiger charge is -2.22. The number of hydrogen-bond acceptors (Lipinski definition) is 3. The maximum Gasteiger partial charge on any atom is 0.128 e. The zero-order chi connectivity index (χ0) is 17.2. The summed E-state index contributed by atoms with van der Waals surface area (Å²) in [6.45, 7) is 10.3. The Hall–Kier alpha value is -2.29. The molecule has 3 nitrogen and oxygen atoms in total. The van der Waals surface area contributed by atoms with E-state index in [0.29, 0.717) is 5.56 Å². The number of aliphatic imine (C=N–C) groups is 1. The number of rotatable bonds is 3. The number of nitrogens with zero attached hydrogens (tertiary/aromatic N) is 1. The van der Waals surface area contributed by atoms with Crippen molar-refractivity contribution in [3.05, 3.63) is 52.6 Å². The summed E-state index contributed by atoms with van der Waals surface area (Å²) in [6, 6.07) is 9.77. The standard InChI is InChI=1S/C20H25NO2/c1-13-8-7-9-14(2)18(13)21-12-15-10-16(23-6)11-17(19(15)22)20(3,4)5/h7-12,22H,1-6H3/b21-12+. The molecule has 2 aromatic carbocycles. The van der Waals surface area contributed by atoms with Crippen LogP contribution in [0.3, 0.4) is 0 Å². The van der Waals surface area contributed by atoms with Crippen LogP contribution in [0.1, 0.15) is 43.0 Å². The second-order valence-electron chi connectivity index (χ2n) is 6.86. The molecule has 2 rings (SSSR count). The van der Waals surface area contributed by atoms with Crippen LogP contribution in [-0.4, -0.2) is 18.4 Å². The van der Waals surface area contributed by atoms with Gasteiger partial charge in [0.25, 0.3) is 0 Å². The molecule has 23 heavy (non-hydrogen) atoms. The molecular weight excluding hydrogens is 286 g/mol. The van der Waals surface area contributed by atoms with Crippen LogP contribution < -0.4 is 4.74 Å². The number of para-hydroxylation sites is 1. The molecule has 0 unspecified atom stereocenters. The predicted octanol–water partition coefficient (Wildman–Crippen LogP) is 5.07. The van der Waals surface area contributed by atoms with Gasteiger partial charge >= 0.3 is 0 Å². The average molecular weight is 311 g/mol. The third-order valence-electron chi connectivity index (χ3n) is 3.93. The summed E-state index contributed by atoms with van der Waals surface area (Å²) in [5.74, 6) is 0.976. The SMILES string of the molecule is COc1cc(/C=N/c2c(C)cccc2C)c(O)c(C(C)(C)C)c1. The van der Waals surface area contributed by atoms with E-state index in [1.165, 1.54) is 0 Å². The molecule has 0 spiro atoms. The van der Waals surface area contributed by atoms with Crippen LogP contribution in [0.2, 0.25) is 0 Å². The molecule has 3 heteroatoms. The zero-order valence-corrected chi connectivity index (χ0v) is 14.8. The number of phenols is 1. The first-order valence-corrected chi connectivity index (χ1v) is 7.76. The molecule has 0 saturated heterocycles. The van der Waals surface area contributed by atoms with Crippen molar-refractivity contribution < 1.29 is 9.84 Å². The van der Waals surface area contributed by atoms with Crippen molar-refractivity contribution in [1.29, 1.82) is 0 Å². The van der Waals surface area contributed by atoms with Crippen molar-refractivity contribution in [2.75, 3.05) is 7.11 Å². The van der Waals surface area contributed by atoms with E-state index < -0.39 is 0 Å².